The Morgan fingerprint density at radius 3 is 1.35 bits per heavy atom. The number of anilines is 8. The van der Waals surface area contributed by atoms with E-state index in [9.17, 15) is 61.2 Å². The molecule has 4 amide bonds. The fraction of sp³-hybridized carbons (Fsp3) is 0.567. The Balaban J connectivity index is 0.000000203. The summed E-state index contributed by atoms with van der Waals surface area (Å²) in [5.74, 6) is 1.73. The highest BCUT2D eigenvalue weighted by Crippen LogP contribution is 2.38. The van der Waals surface area contributed by atoms with Gasteiger partial charge >= 0.3 is 31.5 Å². The van der Waals surface area contributed by atoms with E-state index in [0.29, 0.717) is 116 Å². The average Bonchev–Trinajstić information content (AvgIpc) is 1.63. The van der Waals surface area contributed by atoms with Gasteiger partial charge in [0.2, 0.25) is 29.1 Å². The molecule has 2 aromatic carbocycles. The molecular formula is C67H93BCl3F6N13O13S3. The largest absolute Gasteiger partial charge is 0.495 e. The number of amides is 4. The van der Waals surface area contributed by atoms with Crippen LogP contribution in [0.3, 0.4) is 0 Å². The van der Waals surface area contributed by atoms with Crippen LogP contribution in [0.2, 0.25) is 10.0 Å². The van der Waals surface area contributed by atoms with Crippen LogP contribution in [-0.4, -0.2) is 215 Å². The lowest BCUT2D eigenvalue weighted by atomic mass is 9.76. The minimum Gasteiger partial charge on any atom is -0.399 e. The number of hydrogen-bond acceptors (Lipinski definition) is 20. The predicted octanol–water partition coefficient (Wildman–Crippen LogP) is 11.6. The van der Waals surface area contributed by atoms with Crippen LogP contribution in [0.4, 0.5) is 82.2 Å². The van der Waals surface area contributed by atoms with Gasteiger partial charge in [0.05, 0.1) is 68.1 Å². The number of rotatable bonds is 16. The SMILES string of the molecule is CCS(=O)(=O)Cl.CCS(=O)(=O)Nc1cc(-c2cc(NC(=O)N3CC[C@@H](CC(F)(F)F)C3)ccc2C)cc(N2CCOCC2)n1.CCS(=O)(=O)Nc1cc(Cl)cc(N2CCOCC2)n1.Cc1ccc(NC(=O)N2CC[C@@H](CC(F)(F)F)C2)cc1B1OC(C)(C)C(C)(C)O1.Nc1cc(Cl)cc(N2CCOCC2)n1. The molecule has 6 fully saturated rings. The Bertz CT molecular complexity index is 4110. The molecule has 2 atom stereocenters. The summed E-state index contributed by atoms with van der Waals surface area (Å²) < 4.78 is 176. The smallest absolute Gasteiger partial charge is 0.399 e. The summed E-state index contributed by atoms with van der Waals surface area (Å²) in [4.78, 5) is 47.3. The zero-order valence-electron chi connectivity index (χ0n) is 60.5. The maximum absolute atomic E-state index is 12.8. The van der Waals surface area contributed by atoms with E-state index in [1.807, 2.05) is 75.6 Å². The van der Waals surface area contributed by atoms with Crippen LogP contribution in [0, 0.1) is 25.7 Å². The summed E-state index contributed by atoms with van der Waals surface area (Å²) >= 11 is 11.9. The third-order valence-electron chi connectivity index (χ3n) is 18.0. The van der Waals surface area contributed by atoms with Gasteiger partial charge < -0.3 is 64.4 Å². The Kier molecular flexibility index (Phi) is 30.8. The van der Waals surface area contributed by atoms with Crippen LogP contribution in [0.25, 0.3) is 11.1 Å². The first-order valence-corrected chi connectivity index (χ1v) is 40.9. The molecule has 6 saturated heterocycles. The summed E-state index contributed by atoms with van der Waals surface area (Å²) in [6.45, 7) is 25.2. The van der Waals surface area contributed by atoms with Crippen molar-refractivity contribution in [1.82, 2.24) is 24.8 Å². The van der Waals surface area contributed by atoms with Gasteiger partial charge in [-0.05, 0) is 157 Å². The van der Waals surface area contributed by atoms with Crippen LogP contribution in [-0.2, 0) is 52.6 Å². The monoisotopic (exact) mass is 1610 g/mol. The van der Waals surface area contributed by atoms with E-state index in [-0.39, 0.29) is 48.5 Å². The van der Waals surface area contributed by atoms with Crippen molar-refractivity contribution in [1.29, 1.82) is 0 Å². The lowest BCUT2D eigenvalue weighted by Crippen LogP contribution is -2.41. The van der Waals surface area contributed by atoms with Crippen LogP contribution in [0.15, 0.2) is 72.8 Å². The number of benzene rings is 2. The number of nitrogen functional groups attached to an aromatic ring is 1. The molecule has 0 radical (unpaired) electrons. The number of carbonyl (C=O) groups excluding carboxylic acids is 2. The number of urea groups is 2. The molecule has 11 rings (SSSR count). The Morgan fingerprint density at radius 1 is 0.557 bits per heavy atom. The van der Waals surface area contributed by atoms with E-state index >= 15 is 0 Å². The molecule has 6 aliphatic heterocycles. The maximum atomic E-state index is 12.8. The fourth-order valence-electron chi connectivity index (χ4n) is 11.5. The number of likely N-dealkylation sites (tertiary alicyclic amines) is 2. The third kappa shape index (κ3) is 27.5. The quantitative estimate of drug-likeness (QED) is 0.0348. The number of pyridine rings is 3. The van der Waals surface area contributed by atoms with E-state index in [2.05, 4.69) is 50.6 Å². The van der Waals surface area contributed by atoms with E-state index in [1.54, 1.807) is 49.4 Å². The standard InChI is InChI=1S/C25H32F3N5O4S.C20H28BF3N2O3.C11H16ClN3O3S.C9H12ClN3O.C2H5ClO2S/c1-3-38(35,36)31-22-12-19(13-23(30-22)32-8-10-37-11-9-32)21-14-20(5-4-17(21)2)29-24(34)33-7-6-18(16-33)15-25(26,27)28;1-13-6-7-15(10-16(13)21-28-18(2,3)19(4,5)29-21)25-17(27)26-9-8-14(12-26)11-20(22,23)24;1-2-19(16,17)14-10-7-9(12)8-11(13-10)15-3-5-18-6-4-15;10-7-5-8(11)12-9(6-7)13-1-3-14-4-2-13;1-2-6(3,4)5/h4-5,12-14,18H,3,6-11,15-16H2,1-2H3,(H,29,34)(H,30,31);6-7,10,14H,8-9,11-12H2,1-5H3,(H,25,27);7-8H,2-6H2,1H3,(H,13,14);5-6H,1-4H2,(H2,11,12);2H2,1H3/t18-;14-;;;/m00.../s1. The number of nitrogens with two attached hydrogens (primary N) is 1. The Hall–Kier alpha value is -6.61. The zero-order valence-corrected chi connectivity index (χ0v) is 65.2. The number of nitrogens with one attached hydrogen (secondary N) is 4. The number of nitrogens with zero attached hydrogens (tertiary/aromatic N) is 8. The molecule has 0 saturated carbocycles. The van der Waals surface area contributed by atoms with Crippen molar-refractivity contribution in [2.24, 2.45) is 11.8 Å². The molecule has 5 aromatic rings. The highest BCUT2D eigenvalue weighted by molar-refractivity contribution is 8.13. The van der Waals surface area contributed by atoms with Gasteiger partial charge in [-0.2, -0.15) is 26.3 Å². The first-order valence-electron chi connectivity index (χ1n) is 34.4. The normalized spacial score (nSPS) is 18.9. The number of morpholine rings is 3. The van der Waals surface area contributed by atoms with Gasteiger partial charge in [-0.25, -0.2) is 49.8 Å². The Morgan fingerprint density at radius 2 is 0.943 bits per heavy atom. The van der Waals surface area contributed by atoms with Crippen molar-refractivity contribution in [2.75, 3.05) is 163 Å². The predicted molar refractivity (Wildman–Crippen MR) is 404 cm³/mol. The molecule has 106 heavy (non-hydrogen) atoms. The summed E-state index contributed by atoms with van der Waals surface area (Å²) in [5, 5.41) is 6.66. The molecule has 0 bridgehead atoms. The number of alkyl halides is 6. The van der Waals surface area contributed by atoms with Gasteiger partial charge in [0.15, 0.2) is 0 Å². The van der Waals surface area contributed by atoms with Crippen LogP contribution >= 0.6 is 33.9 Å². The van der Waals surface area contributed by atoms with Crippen molar-refractivity contribution in [2.45, 2.75) is 112 Å². The van der Waals surface area contributed by atoms with Gasteiger partial charge in [0.25, 0.3) is 0 Å². The molecule has 588 valence electrons. The van der Waals surface area contributed by atoms with Gasteiger partial charge in [0, 0.05) is 116 Å². The van der Waals surface area contributed by atoms with Gasteiger partial charge in [-0.15, -0.1) is 0 Å². The third-order valence-corrected chi connectivity index (χ3v) is 22.4. The second kappa shape index (κ2) is 37.7. The Labute approximate surface area is 631 Å². The van der Waals surface area contributed by atoms with E-state index in [1.165, 1.54) is 29.7 Å². The molecule has 0 spiro atoms. The molecule has 3 aromatic heterocycles. The molecular weight excluding hydrogens is 1520 g/mol. The number of hydrogen-bond donors (Lipinski definition) is 5. The second-order valence-corrected chi connectivity index (χ2v) is 34.7. The first kappa shape index (κ1) is 86.6. The maximum Gasteiger partial charge on any atom is 0.495 e. The van der Waals surface area contributed by atoms with Crippen molar-refractivity contribution >= 4 is 134 Å². The molecule has 26 nitrogen and oxygen atoms in total. The highest BCUT2D eigenvalue weighted by atomic mass is 35.7. The first-order chi connectivity index (χ1) is 49.5. The molecule has 9 heterocycles. The zero-order chi connectivity index (χ0) is 78.2. The number of aromatic nitrogens is 3. The van der Waals surface area contributed by atoms with Crippen LogP contribution in [0.5, 0.6) is 0 Å². The topological polar surface area (TPSA) is 312 Å². The minimum absolute atomic E-state index is 0.00587. The second-order valence-electron chi connectivity index (χ2n) is 26.7. The lowest BCUT2D eigenvalue weighted by molar-refractivity contribution is -0.144. The van der Waals surface area contributed by atoms with Crippen LogP contribution < -0.4 is 46.0 Å². The number of ether oxygens (including phenoxy) is 3. The number of sulfonamides is 2. The molecule has 0 aliphatic carbocycles. The summed E-state index contributed by atoms with van der Waals surface area (Å²) in [5.41, 5.74) is 9.83. The minimum atomic E-state index is -4.25. The molecule has 6 aliphatic rings. The van der Waals surface area contributed by atoms with E-state index in [0.717, 1.165) is 54.3 Å². The van der Waals surface area contributed by atoms with Crippen LogP contribution in [0.1, 0.15) is 85.3 Å². The van der Waals surface area contributed by atoms with Crippen molar-refractivity contribution in [3.05, 3.63) is 94.0 Å². The number of halogens is 9. The van der Waals surface area contributed by atoms with Gasteiger partial charge in [0.1, 0.15) is 34.9 Å². The van der Waals surface area contributed by atoms with Crippen molar-refractivity contribution < 1.29 is 84.7 Å². The van der Waals surface area contributed by atoms with Gasteiger partial charge in [-0.1, -0.05) is 47.8 Å². The molecule has 0 unspecified atom stereocenters. The fourth-order valence-corrected chi connectivity index (χ4v) is 13.0. The lowest BCUT2D eigenvalue weighted by Gasteiger charge is -2.32. The molecule has 6 N–H and O–H groups in total. The van der Waals surface area contributed by atoms with Crippen molar-refractivity contribution in [3.63, 3.8) is 0 Å². The number of carbonyl (C=O) groups is 2. The van der Waals surface area contributed by atoms with Crippen molar-refractivity contribution in [3.8, 4) is 11.1 Å². The summed E-state index contributed by atoms with van der Waals surface area (Å²) in [6.07, 6.45) is -9.54. The van der Waals surface area contributed by atoms with Gasteiger partial charge in [-0.3, -0.25) is 9.44 Å². The average molecular weight is 1620 g/mol. The summed E-state index contributed by atoms with van der Waals surface area (Å²) in [7, 11) is -5.97. The summed E-state index contributed by atoms with van der Waals surface area (Å²) in [6, 6.07) is 20.1. The van der Waals surface area contributed by atoms with E-state index < -0.39 is 96.5 Å². The number of aryl methyl sites for hydroxylation is 2. The van der Waals surface area contributed by atoms with E-state index in [4.69, 9.17) is 52.5 Å². The molecule has 39 heteroatoms. The highest BCUT2D eigenvalue weighted by Gasteiger charge is 2.52.